The van der Waals surface area contributed by atoms with E-state index in [0.717, 1.165) is 4.47 Å². The van der Waals surface area contributed by atoms with Crippen molar-refractivity contribution < 1.29 is 0 Å². The van der Waals surface area contributed by atoms with Gasteiger partial charge in [-0.2, -0.15) is 0 Å². The Kier molecular flexibility index (Phi) is 2.92. The van der Waals surface area contributed by atoms with Crippen LogP contribution >= 0.6 is 15.9 Å². The maximum atomic E-state index is 3.53. The van der Waals surface area contributed by atoms with Crippen LogP contribution in [-0.2, 0) is 0 Å². The van der Waals surface area contributed by atoms with E-state index in [0.29, 0.717) is 0 Å². The van der Waals surface area contributed by atoms with Crippen LogP contribution < -0.4 is 0 Å². The predicted octanol–water partition coefficient (Wildman–Crippen LogP) is 5.58. The van der Waals surface area contributed by atoms with Gasteiger partial charge in [-0.15, -0.1) is 0 Å². The fourth-order valence-corrected chi connectivity index (χ4v) is 2.80. The Morgan fingerprint density at radius 3 is 2.50 bits per heavy atom. The summed E-state index contributed by atoms with van der Waals surface area (Å²) < 4.78 is 1.12. The molecule has 0 radical (unpaired) electrons. The zero-order valence-electron chi connectivity index (χ0n) is 10.2. The van der Waals surface area contributed by atoms with Gasteiger partial charge in [0.1, 0.15) is 0 Å². The van der Waals surface area contributed by atoms with Crippen LogP contribution in [0.15, 0.2) is 65.1 Å². The van der Waals surface area contributed by atoms with Gasteiger partial charge in [0.15, 0.2) is 0 Å². The van der Waals surface area contributed by atoms with Crippen molar-refractivity contribution in [2.75, 3.05) is 0 Å². The molecule has 0 saturated heterocycles. The Bertz CT molecular complexity index is 714. The molecule has 0 N–H and O–H groups in total. The van der Waals surface area contributed by atoms with Gasteiger partial charge >= 0.3 is 0 Å². The lowest BCUT2D eigenvalue weighted by molar-refractivity contribution is 1.50. The molecular weight excluding hydrogens is 284 g/mol. The van der Waals surface area contributed by atoms with E-state index in [1.165, 1.54) is 27.5 Å². The molecule has 0 spiro atoms. The smallest absolute Gasteiger partial charge is 0.0181 e. The Morgan fingerprint density at radius 1 is 0.833 bits per heavy atom. The van der Waals surface area contributed by atoms with Crippen molar-refractivity contribution in [1.29, 1.82) is 0 Å². The van der Waals surface area contributed by atoms with Crippen LogP contribution in [0.1, 0.15) is 5.56 Å². The first-order chi connectivity index (χ1) is 8.75. The molecule has 0 aliphatic carbocycles. The van der Waals surface area contributed by atoms with Crippen LogP contribution in [0.5, 0.6) is 0 Å². The van der Waals surface area contributed by atoms with E-state index in [1.54, 1.807) is 0 Å². The van der Waals surface area contributed by atoms with Crippen molar-refractivity contribution >= 4 is 26.7 Å². The number of aryl methyl sites for hydroxylation is 1. The Morgan fingerprint density at radius 2 is 1.67 bits per heavy atom. The second-order valence-corrected chi connectivity index (χ2v) is 5.39. The standard InChI is InChI=1S/C17H13Br/c1-12-16-8-3-2-5-13(16)9-10-17(12)14-6-4-7-15(18)11-14/h2-11H,1H3. The number of hydrogen-bond donors (Lipinski definition) is 0. The summed E-state index contributed by atoms with van der Waals surface area (Å²) in [7, 11) is 0. The SMILES string of the molecule is Cc1c(-c2cccc(Br)c2)ccc2ccccc12. The minimum atomic E-state index is 1.12. The van der Waals surface area contributed by atoms with Crippen molar-refractivity contribution in [1.82, 2.24) is 0 Å². The average molecular weight is 297 g/mol. The summed E-state index contributed by atoms with van der Waals surface area (Å²) in [6.45, 7) is 2.19. The molecule has 0 bridgehead atoms. The molecule has 3 rings (SSSR count). The number of fused-ring (bicyclic) bond motifs is 1. The van der Waals surface area contributed by atoms with Gasteiger partial charge < -0.3 is 0 Å². The molecule has 3 aromatic carbocycles. The van der Waals surface area contributed by atoms with E-state index in [-0.39, 0.29) is 0 Å². The van der Waals surface area contributed by atoms with E-state index in [1.807, 2.05) is 0 Å². The summed E-state index contributed by atoms with van der Waals surface area (Å²) in [4.78, 5) is 0. The Labute approximate surface area is 115 Å². The second-order valence-electron chi connectivity index (χ2n) is 4.47. The highest BCUT2D eigenvalue weighted by Gasteiger charge is 2.05. The number of hydrogen-bond acceptors (Lipinski definition) is 0. The lowest BCUT2D eigenvalue weighted by Crippen LogP contribution is -1.85. The van der Waals surface area contributed by atoms with Crippen LogP contribution in [0.25, 0.3) is 21.9 Å². The van der Waals surface area contributed by atoms with E-state index in [4.69, 9.17) is 0 Å². The van der Waals surface area contributed by atoms with Crippen molar-refractivity contribution in [2.45, 2.75) is 6.92 Å². The van der Waals surface area contributed by atoms with Gasteiger partial charge in [0.2, 0.25) is 0 Å². The lowest BCUT2D eigenvalue weighted by atomic mass is 9.95. The summed E-state index contributed by atoms with van der Waals surface area (Å²) in [5, 5.41) is 2.63. The summed E-state index contributed by atoms with van der Waals surface area (Å²) in [6.07, 6.45) is 0. The summed E-state index contributed by atoms with van der Waals surface area (Å²) in [5.74, 6) is 0. The lowest BCUT2D eigenvalue weighted by Gasteiger charge is -2.10. The summed E-state index contributed by atoms with van der Waals surface area (Å²) in [5.41, 5.74) is 3.90. The minimum absolute atomic E-state index is 1.12. The van der Waals surface area contributed by atoms with E-state index >= 15 is 0 Å². The second kappa shape index (κ2) is 4.58. The zero-order valence-corrected chi connectivity index (χ0v) is 11.7. The highest BCUT2D eigenvalue weighted by Crippen LogP contribution is 2.30. The van der Waals surface area contributed by atoms with E-state index < -0.39 is 0 Å². The maximum absolute atomic E-state index is 3.53. The fourth-order valence-electron chi connectivity index (χ4n) is 2.40. The molecule has 0 nitrogen and oxygen atoms in total. The Hall–Kier alpha value is -1.60. The summed E-state index contributed by atoms with van der Waals surface area (Å²) in [6, 6.07) is 21.4. The third-order valence-electron chi connectivity index (χ3n) is 3.33. The molecule has 3 aromatic rings. The molecule has 18 heavy (non-hydrogen) atoms. The highest BCUT2D eigenvalue weighted by atomic mass is 79.9. The van der Waals surface area contributed by atoms with Crippen molar-refractivity contribution in [2.24, 2.45) is 0 Å². The van der Waals surface area contributed by atoms with Crippen LogP contribution in [0, 0.1) is 6.92 Å². The fraction of sp³-hybridized carbons (Fsp3) is 0.0588. The van der Waals surface area contributed by atoms with Gasteiger partial charge in [0.05, 0.1) is 0 Å². The third kappa shape index (κ3) is 1.95. The molecule has 0 atom stereocenters. The monoisotopic (exact) mass is 296 g/mol. The average Bonchev–Trinajstić information content (AvgIpc) is 2.39. The van der Waals surface area contributed by atoms with Gasteiger partial charge in [0, 0.05) is 4.47 Å². The molecule has 0 aromatic heterocycles. The zero-order chi connectivity index (χ0) is 12.5. The number of halogens is 1. The summed E-state index contributed by atoms with van der Waals surface area (Å²) >= 11 is 3.53. The van der Waals surface area contributed by atoms with Crippen LogP contribution in [0.4, 0.5) is 0 Å². The van der Waals surface area contributed by atoms with E-state index in [2.05, 4.69) is 83.5 Å². The van der Waals surface area contributed by atoms with Crippen molar-refractivity contribution in [3.8, 4) is 11.1 Å². The maximum Gasteiger partial charge on any atom is 0.0181 e. The Balaban J connectivity index is 2.27. The van der Waals surface area contributed by atoms with Gasteiger partial charge in [-0.05, 0) is 46.5 Å². The molecule has 0 heterocycles. The van der Waals surface area contributed by atoms with Gasteiger partial charge in [-0.25, -0.2) is 0 Å². The van der Waals surface area contributed by atoms with Gasteiger partial charge in [0.25, 0.3) is 0 Å². The molecular formula is C17H13Br. The molecule has 0 aliphatic rings. The van der Waals surface area contributed by atoms with Crippen LogP contribution in [0.3, 0.4) is 0 Å². The number of rotatable bonds is 1. The first-order valence-corrected chi connectivity index (χ1v) is 6.79. The quantitative estimate of drug-likeness (QED) is 0.550. The van der Waals surface area contributed by atoms with Gasteiger partial charge in [-0.1, -0.05) is 64.5 Å². The van der Waals surface area contributed by atoms with Crippen LogP contribution in [-0.4, -0.2) is 0 Å². The predicted molar refractivity (Wildman–Crippen MR) is 81.8 cm³/mol. The molecule has 88 valence electrons. The molecule has 0 aliphatic heterocycles. The topological polar surface area (TPSA) is 0 Å². The minimum Gasteiger partial charge on any atom is -0.0616 e. The largest absolute Gasteiger partial charge is 0.0616 e. The molecule has 0 unspecified atom stereocenters. The van der Waals surface area contributed by atoms with Gasteiger partial charge in [-0.3, -0.25) is 0 Å². The van der Waals surface area contributed by atoms with Crippen LogP contribution in [0.2, 0.25) is 0 Å². The molecule has 0 amide bonds. The molecule has 1 heteroatoms. The number of benzene rings is 3. The molecule has 0 saturated carbocycles. The van der Waals surface area contributed by atoms with Crippen molar-refractivity contribution in [3.63, 3.8) is 0 Å². The van der Waals surface area contributed by atoms with Crippen molar-refractivity contribution in [3.05, 3.63) is 70.7 Å². The molecule has 0 fully saturated rings. The third-order valence-corrected chi connectivity index (χ3v) is 3.83. The van der Waals surface area contributed by atoms with E-state index in [9.17, 15) is 0 Å². The first-order valence-electron chi connectivity index (χ1n) is 6.00. The normalized spacial score (nSPS) is 10.8. The highest BCUT2D eigenvalue weighted by molar-refractivity contribution is 9.10. The first kappa shape index (κ1) is 11.5.